The van der Waals surface area contributed by atoms with Gasteiger partial charge < -0.3 is 10.3 Å². The zero-order chi connectivity index (χ0) is 14.4. The van der Waals surface area contributed by atoms with E-state index in [0.717, 1.165) is 29.7 Å². The number of nitrogens with zero attached hydrogens (tertiary/aromatic N) is 1. The van der Waals surface area contributed by atoms with E-state index < -0.39 is 0 Å². The molecule has 2 rings (SSSR count). The number of rotatable bonds is 7. The van der Waals surface area contributed by atoms with Crippen LogP contribution in [0.4, 0.5) is 10.3 Å². The second kappa shape index (κ2) is 7.08. The molecule has 0 unspecified atom stereocenters. The second-order valence-corrected chi connectivity index (χ2v) is 5.04. The van der Waals surface area contributed by atoms with Crippen molar-refractivity contribution in [1.82, 2.24) is 5.16 Å². The maximum Gasteiger partial charge on any atom is 0.230 e. The van der Waals surface area contributed by atoms with E-state index in [2.05, 4.69) is 12.1 Å². The molecule has 108 valence electrons. The molecule has 0 amide bonds. The van der Waals surface area contributed by atoms with Gasteiger partial charge >= 0.3 is 0 Å². The summed E-state index contributed by atoms with van der Waals surface area (Å²) in [6.07, 6.45) is 6.85. The summed E-state index contributed by atoms with van der Waals surface area (Å²) >= 11 is 0. The molecule has 0 aliphatic rings. The summed E-state index contributed by atoms with van der Waals surface area (Å²) in [6.45, 7) is 2.20. The number of aryl methyl sites for hydroxylation is 1. The van der Waals surface area contributed by atoms with Crippen LogP contribution in [0.15, 0.2) is 28.8 Å². The normalized spacial score (nSPS) is 10.9. The van der Waals surface area contributed by atoms with Crippen LogP contribution in [0.2, 0.25) is 0 Å². The molecule has 0 fully saturated rings. The summed E-state index contributed by atoms with van der Waals surface area (Å²) in [5.41, 5.74) is 8.37. The molecular formula is C16H21FN2O. The average molecular weight is 276 g/mol. The van der Waals surface area contributed by atoms with Crippen LogP contribution in [-0.4, -0.2) is 5.16 Å². The Morgan fingerprint density at radius 1 is 1.10 bits per heavy atom. The third-order valence-corrected chi connectivity index (χ3v) is 3.44. The fourth-order valence-electron chi connectivity index (χ4n) is 2.33. The summed E-state index contributed by atoms with van der Waals surface area (Å²) in [5, 5.41) is 4.04. The largest absolute Gasteiger partial charge is 0.367 e. The van der Waals surface area contributed by atoms with Crippen LogP contribution in [-0.2, 0) is 6.42 Å². The van der Waals surface area contributed by atoms with Crippen LogP contribution in [0.5, 0.6) is 0 Å². The molecule has 0 radical (unpaired) electrons. The van der Waals surface area contributed by atoms with E-state index in [9.17, 15) is 4.39 Å². The fraction of sp³-hybridized carbons (Fsp3) is 0.438. The van der Waals surface area contributed by atoms with Gasteiger partial charge in [0.1, 0.15) is 5.82 Å². The Bertz CT molecular complexity index is 534. The molecule has 1 aromatic heterocycles. The molecule has 0 saturated carbocycles. The monoisotopic (exact) mass is 276 g/mol. The first-order valence-corrected chi connectivity index (χ1v) is 7.22. The van der Waals surface area contributed by atoms with Crippen molar-refractivity contribution in [3.63, 3.8) is 0 Å². The van der Waals surface area contributed by atoms with Gasteiger partial charge in [0.2, 0.25) is 5.88 Å². The molecule has 1 heterocycles. The minimum atomic E-state index is -0.259. The Morgan fingerprint density at radius 3 is 2.50 bits per heavy atom. The molecule has 0 saturated heterocycles. The highest BCUT2D eigenvalue weighted by Crippen LogP contribution is 2.30. The van der Waals surface area contributed by atoms with Gasteiger partial charge in [0, 0.05) is 0 Å². The summed E-state index contributed by atoms with van der Waals surface area (Å²) in [4.78, 5) is 0. The standard InChI is InChI=1S/C16H21FN2O/c1-2-3-4-5-6-7-14-15(16(18)20-19-14)12-8-10-13(17)11-9-12/h8-11H,2-7,18H2,1H3. The van der Waals surface area contributed by atoms with Gasteiger partial charge in [0.05, 0.1) is 11.3 Å². The second-order valence-electron chi connectivity index (χ2n) is 5.04. The van der Waals surface area contributed by atoms with Crippen molar-refractivity contribution in [3.05, 3.63) is 35.8 Å². The molecule has 2 N–H and O–H groups in total. The molecule has 0 bridgehead atoms. The topological polar surface area (TPSA) is 52.0 Å². The third-order valence-electron chi connectivity index (χ3n) is 3.44. The highest BCUT2D eigenvalue weighted by molar-refractivity contribution is 5.74. The molecule has 4 heteroatoms. The predicted molar refractivity (Wildman–Crippen MR) is 78.8 cm³/mol. The number of anilines is 1. The smallest absolute Gasteiger partial charge is 0.230 e. The Kier molecular flexibility index (Phi) is 5.16. The van der Waals surface area contributed by atoms with Crippen molar-refractivity contribution < 1.29 is 8.91 Å². The Balaban J connectivity index is 2.05. The van der Waals surface area contributed by atoms with Crippen LogP contribution in [0.25, 0.3) is 11.1 Å². The van der Waals surface area contributed by atoms with Crippen molar-refractivity contribution in [2.24, 2.45) is 0 Å². The summed E-state index contributed by atoms with van der Waals surface area (Å²) < 4.78 is 18.1. The zero-order valence-corrected chi connectivity index (χ0v) is 11.9. The van der Waals surface area contributed by atoms with E-state index in [0.29, 0.717) is 5.88 Å². The number of nitrogens with two attached hydrogens (primary N) is 1. The lowest BCUT2D eigenvalue weighted by atomic mass is 10.0. The first-order valence-electron chi connectivity index (χ1n) is 7.22. The van der Waals surface area contributed by atoms with Crippen molar-refractivity contribution in [2.45, 2.75) is 45.4 Å². The maximum atomic E-state index is 13.0. The number of unbranched alkanes of at least 4 members (excludes halogenated alkanes) is 4. The van der Waals surface area contributed by atoms with Crippen LogP contribution < -0.4 is 5.73 Å². The van der Waals surface area contributed by atoms with Crippen LogP contribution in [0.3, 0.4) is 0 Å². The first-order chi connectivity index (χ1) is 9.72. The van der Waals surface area contributed by atoms with Crippen LogP contribution in [0, 0.1) is 5.82 Å². The number of hydrogen-bond acceptors (Lipinski definition) is 3. The zero-order valence-electron chi connectivity index (χ0n) is 11.9. The van der Waals surface area contributed by atoms with Gasteiger partial charge in [-0.2, -0.15) is 0 Å². The third kappa shape index (κ3) is 3.59. The molecule has 0 spiro atoms. The predicted octanol–water partition coefficient (Wildman–Crippen LogP) is 4.58. The number of aromatic nitrogens is 1. The number of halogens is 1. The Morgan fingerprint density at radius 2 is 1.80 bits per heavy atom. The van der Waals surface area contributed by atoms with E-state index in [1.165, 1.54) is 37.8 Å². The fourth-order valence-corrected chi connectivity index (χ4v) is 2.33. The molecule has 2 aromatic rings. The van der Waals surface area contributed by atoms with E-state index in [1.54, 1.807) is 12.1 Å². The highest BCUT2D eigenvalue weighted by Gasteiger charge is 2.15. The summed E-state index contributed by atoms with van der Waals surface area (Å²) in [5.74, 6) is 0.0463. The Labute approximate surface area is 119 Å². The molecule has 0 atom stereocenters. The van der Waals surface area contributed by atoms with E-state index in [-0.39, 0.29) is 5.82 Å². The summed E-state index contributed by atoms with van der Waals surface area (Å²) in [6, 6.07) is 6.26. The molecule has 0 aliphatic carbocycles. The van der Waals surface area contributed by atoms with Gasteiger partial charge in [-0.15, -0.1) is 0 Å². The quantitative estimate of drug-likeness (QED) is 0.753. The lowest BCUT2D eigenvalue weighted by Crippen LogP contribution is -1.92. The minimum Gasteiger partial charge on any atom is -0.367 e. The minimum absolute atomic E-state index is 0.259. The van der Waals surface area contributed by atoms with E-state index in [1.807, 2.05) is 0 Å². The van der Waals surface area contributed by atoms with E-state index in [4.69, 9.17) is 10.3 Å². The molecule has 20 heavy (non-hydrogen) atoms. The van der Waals surface area contributed by atoms with Gasteiger partial charge in [0.15, 0.2) is 0 Å². The molecule has 0 aliphatic heterocycles. The lowest BCUT2D eigenvalue weighted by Gasteiger charge is -2.03. The number of benzene rings is 1. The number of hydrogen-bond donors (Lipinski definition) is 1. The maximum absolute atomic E-state index is 13.0. The van der Waals surface area contributed by atoms with Crippen molar-refractivity contribution in [3.8, 4) is 11.1 Å². The van der Waals surface area contributed by atoms with E-state index >= 15 is 0 Å². The van der Waals surface area contributed by atoms with Gasteiger partial charge in [-0.1, -0.05) is 49.9 Å². The SMILES string of the molecule is CCCCCCCc1noc(N)c1-c1ccc(F)cc1. The summed E-state index contributed by atoms with van der Waals surface area (Å²) in [7, 11) is 0. The van der Waals surface area contributed by atoms with Crippen molar-refractivity contribution in [2.75, 3.05) is 5.73 Å². The first kappa shape index (κ1) is 14.6. The van der Waals surface area contributed by atoms with Gasteiger partial charge in [-0.05, 0) is 30.5 Å². The van der Waals surface area contributed by atoms with Crippen LogP contribution in [0.1, 0.15) is 44.7 Å². The molecule has 1 aromatic carbocycles. The molecular weight excluding hydrogens is 255 g/mol. The van der Waals surface area contributed by atoms with Crippen LogP contribution >= 0.6 is 0 Å². The average Bonchev–Trinajstić information content (AvgIpc) is 2.81. The van der Waals surface area contributed by atoms with Crippen molar-refractivity contribution >= 4 is 5.88 Å². The highest BCUT2D eigenvalue weighted by atomic mass is 19.1. The van der Waals surface area contributed by atoms with Gasteiger partial charge in [-0.25, -0.2) is 4.39 Å². The van der Waals surface area contributed by atoms with Gasteiger partial charge in [-0.3, -0.25) is 0 Å². The number of nitrogen functional groups attached to an aromatic ring is 1. The molecule has 3 nitrogen and oxygen atoms in total. The Hall–Kier alpha value is -1.84. The van der Waals surface area contributed by atoms with Crippen molar-refractivity contribution in [1.29, 1.82) is 0 Å². The lowest BCUT2D eigenvalue weighted by molar-refractivity contribution is 0.426. The van der Waals surface area contributed by atoms with Gasteiger partial charge in [0.25, 0.3) is 0 Å².